The van der Waals surface area contributed by atoms with Gasteiger partial charge in [0.15, 0.2) is 5.13 Å². The lowest BCUT2D eigenvalue weighted by atomic mass is 10.2. The molecule has 2 aromatic rings. The number of thiazole rings is 1. The Labute approximate surface area is 128 Å². The van der Waals surface area contributed by atoms with Crippen LogP contribution in [0.1, 0.15) is 41.3 Å². The zero-order valence-electron chi connectivity index (χ0n) is 12.2. The van der Waals surface area contributed by atoms with Crippen molar-refractivity contribution in [2.75, 3.05) is 11.9 Å². The summed E-state index contributed by atoms with van der Waals surface area (Å²) >= 11 is 3.63. The van der Waals surface area contributed by atoms with E-state index in [1.807, 2.05) is 22.7 Å². The summed E-state index contributed by atoms with van der Waals surface area (Å²) in [7, 11) is 2.14. The molecule has 108 valence electrons. The van der Waals surface area contributed by atoms with E-state index in [0.29, 0.717) is 6.04 Å². The van der Waals surface area contributed by atoms with E-state index in [1.54, 1.807) is 0 Å². The number of nitrogens with zero attached hydrogens (tertiary/aromatic N) is 2. The number of hydrogen-bond acceptors (Lipinski definition) is 5. The number of aryl methyl sites for hydroxylation is 1. The summed E-state index contributed by atoms with van der Waals surface area (Å²) in [4.78, 5) is 9.79. The molecule has 0 aromatic carbocycles. The smallest absolute Gasteiger partial charge is 0.186 e. The highest BCUT2D eigenvalue weighted by Crippen LogP contribution is 2.33. The summed E-state index contributed by atoms with van der Waals surface area (Å²) < 4.78 is 0. The Morgan fingerprint density at radius 1 is 1.50 bits per heavy atom. The molecule has 0 bridgehead atoms. The first-order valence-corrected chi connectivity index (χ1v) is 8.80. The minimum absolute atomic E-state index is 0.379. The lowest BCUT2D eigenvalue weighted by Crippen LogP contribution is -2.20. The van der Waals surface area contributed by atoms with Gasteiger partial charge in [0.25, 0.3) is 0 Å². The molecule has 1 aliphatic carbocycles. The Balaban J connectivity index is 1.70. The molecule has 0 saturated heterocycles. The lowest BCUT2D eigenvalue weighted by molar-refractivity contribution is 0.691. The highest BCUT2D eigenvalue weighted by molar-refractivity contribution is 7.15. The summed E-state index contributed by atoms with van der Waals surface area (Å²) in [5.74, 6) is 0. The third kappa shape index (κ3) is 3.05. The second-order valence-corrected chi connectivity index (χ2v) is 7.50. The topological polar surface area (TPSA) is 28.2 Å². The fourth-order valence-electron chi connectivity index (χ4n) is 2.14. The van der Waals surface area contributed by atoms with Crippen LogP contribution in [0, 0.1) is 6.92 Å². The van der Waals surface area contributed by atoms with E-state index in [-0.39, 0.29) is 0 Å². The van der Waals surface area contributed by atoms with Crippen LogP contribution in [0.5, 0.6) is 0 Å². The molecular weight excluding hydrogens is 286 g/mol. The van der Waals surface area contributed by atoms with E-state index < -0.39 is 0 Å². The molecule has 0 radical (unpaired) electrons. The molecule has 1 atom stereocenters. The van der Waals surface area contributed by atoms with Crippen LogP contribution in [-0.4, -0.2) is 18.1 Å². The van der Waals surface area contributed by atoms with Crippen LogP contribution in [0.2, 0.25) is 0 Å². The van der Waals surface area contributed by atoms with Crippen molar-refractivity contribution in [3.05, 3.63) is 33.0 Å². The normalized spacial score (nSPS) is 16.4. The molecule has 2 heterocycles. The summed E-state index contributed by atoms with van der Waals surface area (Å²) in [6.07, 6.45) is 2.67. The SMILES string of the molecule is Cc1nc(N(C)C(C)c2cccs2)sc1CNC1CC1. The van der Waals surface area contributed by atoms with Crippen molar-refractivity contribution in [3.8, 4) is 0 Å². The standard InChI is InChI=1S/C15H21N3S2/c1-10-14(9-16-12-6-7-12)20-15(17-10)18(3)11(2)13-5-4-8-19-13/h4-5,8,11-12,16H,6-7,9H2,1-3H3. The molecule has 1 N–H and O–H groups in total. The average molecular weight is 307 g/mol. The van der Waals surface area contributed by atoms with Gasteiger partial charge in [0.2, 0.25) is 0 Å². The molecule has 3 nitrogen and oxygen atoms in total. The van der Waals surface area contributed by atoms with Gasteiger partial charge in [-0.2, -0.15) is 0 Å². The van der Waals surface area contributed by atoms with Crippen molar-refractivity contribution in [3.63, 3.8) is 0 Å². The van der Waals surface area contributed by atoms with Gasteiger partial charge in [-0.1, -0.05) is 6.07 Å². The van der Waals surface area contributed by atoms with Gasteiger partial charge in [-0.25, -0.2) is 4.98 Å². The van der Waals surface area contributed by atoms with E-state index in [9.17, 15) is 0 Å². The van der Waals surface area contributed by atoms with Gasteiger partial charge in [0, 0.05) is 29.4 Å². The molecule has 0 amide bonds. The minimum Gasteiger partial charge on any atom is -0.344 e. The number of nitrogens with one attached hydrogen (secondary N) is 1. The first kappa shape index (κ1) is 14.0. The fourth-order valence-corrected chi connectivity index (χ4v) is 4.02. The summed E-state index contributed by atoms with van der Waals surface area (Å²) in [5, 5.41) is 6.83. The van der Waals surface area contributed by atoms with Gasteiger partial charge in [-0.15, -0.1) is 22.7 Å². The minimum atomic E-state index is 0.379. The Kier molecular flexibility index (Phi) is 4.10. The predicted molar refractivity (Wildman–Crippen MR) is 87.8 cm³/mol. The summed E-state index contributed by atoms with van der Waals surface area (Å²) in [6.45, 7) is 5.33. The molecule has 0 aliphatic heterocycles. The number of thiophene rings is 1. The van der Waals surface area contributed by atoms with Crippen molar-refractivity contribution in [2.24, 2.45) is 0 Å². The molecule has 20 heavy (non-hydrogen) atoms. The first-order chi connectivity index (χ1) is 9.65. The second-order valence-electron chi connectivity index (χ2n) is 5.46. The van der Waals surface area contributed by atoms with Crippen LogP contribution < -0.4 is 10.2 Å². The van der Waals surface area contributed by atoms with Gasteiger partial charge in [-0.3, -0.25) is 0 Å². The molecule has 5 heteroatoms. The molecular formula is C15H21N3S2. The van der Waals surface area contributed by atoms with Crippen LogP contribution in [0.15, 0.2) is 17.5 Å². The molecule has 1 fully saturated rings. The number of aromatic nitrogens is 1. The maximum absolute atomic E-state index is 4.75. The van der Waals surface area contributed by atoms with Crippen molar-refractivity contribution >= 4 is 27.8 Å². The van der Waals surface area contributed by atoms with Crippen LogP contribution in [-0.2, 0) is 6.54 Å². The monoisotopic (exact) mass is 307 g/mol. The van der Waals surface area contributed by atoms with Gasteiger partial charge in [0.05, 0.1) is 11.7 Å². The van der Waals surface area contributed by atoms with Crippen molar-refractivity contribution in [1.82, 2.24) is 10.3 Å². The molecule has 3 rings (SSSR count). The van der Waals surface area contributed by atoms with E-state index in [2.05, 4.69) is 48.6 Å². The van der Waals surface area contributed by atoms with Crippen LogP contribution >= 0.6 is 22.7 Å². The van der Waals surface area contributed by atoms with E-state index in [0.717, 1.165) is 17.7 Å². The Bertz CT molecular complexity index is 558. The van der Waals surface area contributed by atoms with Crippen molar-refractivity contribution < 1.29 is 0 Å². The number of hydrogen-bond donors (Lipinski definition) is 1. The molecule has 0 spiro atoms. The first-order valence-electron chi connectivity index (χ1n) is 7.11. The van der Waals surface area contributed by atoms with Crippen LogP contribution in [0.4, 0.5) is 5.13 Å². The largest absolute Gasteiger partial charge is 0.344 e. The quantitative estimate of drug-likeness (QED) is 0.875. The molecule has 1 unspecified atom stereocenters. The van der Waals surface area contributed by atoms with Crippen molar-refractivity contribution in [2.45, 2.75) is 45.3 Å². The zero-order chi connectivity index (χ0) is 14.1. The zero-order valence-corrected chi connectivity index (χ0v) is 13.9. The highest BCUT2D eigenvalue weighted by Gasteiger charge is 2.22. The number of rotatable bonds is 6. The maximum atomic E-state index is 4.75. The third-order valence-electron chi connectivity index (χ3n) is 3.85. The Morgan fingerprint density at radius 2 is 2.30 bits per heavy atom. The summed E-state index contributed by atoms with van der Waals surface area (Å²) in [6, 6.07) is 5.44. The maximum Gasteiger partial charge on any atom is 0.186 e. The van der Waals surface area contributed by atoms with E-state index >= 15 is 0 Å². The molecule has 1 saturated carbocycles. The van der Waals surface area contributed by atoms with Crippen LogP contribution in [0.3, 0.4) is 0 Å². The predicted octanol–water partition coefficient (Wildman–Crippen LogP) is 3.96. The van der Waals surface area contributed by atoms with Gasteiger partial charge in [0.1, 0.15) is 0 Å². The van der Waals surface area contributed by atoms with E-state index in [1.165, 1.54) is 28.3 Å². The second kappa shape index (κ2) is 5.84. The summed E-state index contributed by atoms with van der Waals surface area (Å²) in [5.41, 5.74) is 1.17. The van der Waals surface area contributed by atoms with Gasteiger partial charge in [-0.05, 0) is 38.1 Å². The lowest BCUT2D eigenvalue weighted by Gasteiger charge is -2.23. The average Bonchev–Trinajstić information content (AvgIpc) is 2.97. The van der Waals surface area contributed by atoms with Gasteiger partial charge < -0.3 is 10.2 Å². The van der Waals surface area contributed by atoms with Gasteiger partial charge >= 0.3 is 0 Å². The highest BCUT2D eigenvalue weighted by atomic mass is 32.1. The van der Waals surface area contributed by atoms with Crippen LogP contribution in [0.25, 0.3) is 0 Å². The Hall–Kier alpha value is -0.910. The number of anilines is 1. The molecule has 2 aromatic heterocycles. The third-order valence-corrected chi connectivity index (χ3v) is 6.14. The van der Waals surface area contributed by atoms with Crippen molar-refractivity contribution in [1.29, 1.82) is 0 Å². The fraction of sp³-hybridized carbons (Fsp3) is 0.533. The molecule has 1 aliphatic rings. The Morgan fingerprint density at radius 3 is 2.95 bits per heavy atom. The van der Waals surface area contributed by atoms with E-state index in [4.69, 9.17) is 4.98 Å².